The molecule has 17 heavy (non-hydrogen) atoms. The zero-order valence-corrected chi connectivity index (χ0v) is 10.3. The number of carbonyl (C=O) groups excluding carboxylic acids is 1. The van der Waals surface area contributed by atoms with Crippen molar-refractivity contribution in [1.82, 2.24) is 0 Å². The Balaban J connectivity index is 1.91. The van der Waals surface area contributed by atoms with Gasteiger partial charge in [0.2, 0.25) is 0 Å². The molecule has 1 aliphatic carbocycles. The van der Waals surface area contributed by atoms with E-state index in [4.69, 9.17) is 9.47 Å². The van der Waals surface area contributed by atoms with Gasteiger partial charge in [0.25, 0.3) is 0 Å². The van der Waals surface area contributed by atoms with Crippen LogP contribution in [0.4, 0.5) is 0 Å². The smallest absolute Gasteiger partial charge is 0.306 e. The van der Waals surface area contributed by atoms with Crippen molar-refractivity contribution >= 4 is 5.97 Å². The summed E-state index contributed by atoms with van der Waals surface area (Å²) in [6.45, 7) is 2.31. The van der Waals surface area contributed by atoms with Crippen LogP contribution in [0.25, 0.3) is 0 Å². The van der Waals surface area contributed by atoms with E-state index >= 15 is 0 Å². The molecule has 1 aliphatic rings. The van der Waals surface area contributed by atoms with Gasteiger partial charge in [-0.05, 0) is 42.9 Å². The number of rotatable bonds is 5. The van der Waals surface area contributed by atoms with Crippen molar-refractivity contribution in [3.8, 4) is 5.75 Å². The van der Waals surface area contributed by atoms with Gasteiger partial charge in [0.1, 0.15) is 5.75 Å². The Kier molecular flexibility index (Phi) is 3.67. The van der Waals surface area contributed by atoms with Crippen molar-refractivity contribution in [3.63, 3.8) is 0 Å². The van der Waals surface area contributed by atoms with Crippen molar-refractivity contribution in [2.75, 3.05) is 13.7 Å². The van der Waals surface area contributed by atoms with Crippen molar-refractivity contribution in [2.24, 2.45) is 5.92 Å². The second kappa shape index (κ2) is 5.21. The lowest BCUT2D eigenvalue weighted by Crippen LogP contribution is -2.04. The minimum atomic E-state index is -0.0807. The molecule has 0 amide bonds. The molecule has 3 heteroatoms. The van der Waals surface area contributed by atoms with Crippen LogP contribution in [0.5, 0.6) is 5.75 Å². The molecule has 92 valence electrons. The molecule has 1 aromatic rings. The van der Waals surface area contributed by atoms with Gasteiger partial charge in [-0.15, -0.1) is 0 Å². The molecule has 0 N–H and O–H groups in total. The number of hydrogen-bond donors (Lipinski definition) is 0. The number of carbonyl (C=O) groups is 1. The van der Waals surface area contributed by atoms with Crippen LogP contribution in [0.2, 0.25) is 0 Å². The number of benzene rings is 1. The van der Waals surface area contributed by atoms with Crippen LogP contribution >= 0.6 is 0 Å². The van der Waals surface area contributed by atoms with E-state index in [-0.39, 0.29) is 5.97 Å². The van der Waals surface area contributed by atoms with E-state index in [1.54, 1.807) is 7.11 Å². The molecule has 3 nitrogen and oxygen atoms in total. The van der Waals surface area contributed by atoms with Crippen LogP contribution in [-0.4, -0.2) is 19.7 Å². The van der Waals surface area contributed by atoms with Gasteiger partial charge in [-0.3, -0.25) is 4.79 Å². The minimum Gasteiger partial charge on any atom is -0.497 e. The standard InChI is InChI=1S/C14H18O3/c1-3-17-14(15)9-11-8-13(11)10-5-4-6-12(7-10)16-2/h4-7,11,13H,3,8-9H2,1-2H3. The van der Waals surface area contributed by atoms with Gasteiger partial charge in [-0.2, -0.15) is 0 Å². The summed E-state index contributed by atoms with van der Waals surface area (Å²) < 4.78 is 10.2. The zero-order valence-electron chi connectivity index (χ0n) is 10.3. The molecular weight excluding hydrogens is 216 g/mol. The molecule has 0 radical (unpaired) electrons. The van der Waals surface area contributed by atoms with Gasteiger partial charge in [-0.25, -0.2) is 0 Å². The number of esters is 1. The van der Waals surface area contributed by atoms with Crippen molar-refractivity contribution in [2.45, 2.75) is 25.7 Å². The Hall–Kier alpha value is -1.51. The average molecular weight is 234 g/mol. The fourth-order valence-electron chi connectivity index (χ4n) is 2.19. The first-order valence-electron chi connectivity index (χ1n) is 6.04. The molecule has 0 aliphatic heterocycles. The van der Waals surface area contributed by atoms with Gasteiger partial charge >= 0.3 is 5.97 Å². The number of hydrogen-bond acceptors (Lipinski definition) is 3. The van der Waals surface area contributed by atoms with Crippen LogP contribution < -0.4 is 4.74 Å². The molecule has 0 bridgehead atoms. The third kappa shape index (κ3) is 2.99. The van der Waals surface area contributed by atoms with E-state index in [9.17, 15) is 4.79 Å². The molecule has 0 heterocycles. The van der Waals surface area contributed by atoms with E-state index in [0.717, 1.165) is 12.2 Å². The van der Waals surface area contributed by atoms with Gasteiger partial charge in [-0.1, -0.05) is 12.1 Å². The topological polar surface area (TPSA) is 35.5 Å². The molecule has 0 aromatic heterocycles. The van der Waals surface area contributed by atoms with Gasteiger partial charge in [0.15, 0.2) is 0 Å². The van der Waals surface area contributed by atoms with E-state index in [2.05, 4.69) is 12.1 Å². The summed E-state index contributed by atoms with van der Waals surface area (Å²) in [5, 5.41) is 0. The lowest BCUT2D eigenvalue weighted by molar-refractivity contribution is -0.143. The van der Waals surface area contributed by atoms with Gasteiger partial charge in [0, 0.05) is 6.42 Å². The fourth-order valence-corrected chi connectivity index (χ4v) is 2.19. The van der Waals surface area contributed by atoms with E-state index in [0.29, 0.717) is 24.9 Å². The van der Waals surface area contributed by atoms with Crippen LogP contribution in [0.1, 0.15) is 31.2 Å². The Labute approximate surface area is 102 Å². The third-order valence-corrected chi connectivity index (χ3v) is 3.18. The van der Waals surface area contributed by atoms with Crippen molar-refractivity contribution in [1.29, 1.82) is 0 Å². The zero-order chi connectivity index (χ0) is 12.3. The first-order valence-corrected chi connectivity index (χ1v) is 6.04. The first kappa shape index (κ1) is 12.0. The predicted octanol–water partition coefficient (Wildman–Crippen LogP) is 2.75. The summed E-state index contributed by atoms with van der Waals surface area (Å²) in [6.07, 6.45) is 1.61. The largest absolute Gasteiger partial charge is 0.497 e. The Morgan fingerprint density at radius 1 is 1.47 bits per heavy atom. The molecule has 2 unspecified atom stereocenters. The van der Waals surface area contributed by atoms with E-state index in [1.807, 2.05) is 19.1 Å². The van der Waals surface area contributed by atoms with Gasteiger partial charge in [0.05, 0.1) is 13.7 Å². The summed E-state index contributed by atoms with van der Waals surface area (Å²) in [7, 11) is 1.67. The van der Waals surface area contributed by atoms with Crippen LogP contribution in [0.15, 0.2) is 24.3 Å². The Morgan fingerprint density at radius 2 is 2.29 bits per heavy atom. The molecule has 2 atom stereocenters. The monoisotopic (exact) mass is 234 g/mol. The second-order valence-electron chi connectivity index (χ2n) is 4.39. The number of methoxy groups -OCH3 is 1. The van der Waals surface area contributed by atoms with Crippen molar-refractivity contribution in [3.05, 3.63) is 29.8 Å². The van der Waals surface area contributed by atoms with Crippen LogP contribution in [-0.2, 0) is 9.53 Å². The van der Waals surface area contributed by atoms with Crippen molar-refractivity contribution < 1.29 is 14.3 Å². The molecule has 2 rings (SSSR count). The molecule has 1 aromatic carbocycles. The summed E-state index contributed by atoms with van der Waals surface area (Å²) in [5.74, 6) is 1.74. The molecule has 0 saturated heterocycles. The third-order valence-electron chi connectivity index (χ3n) is 3.18. The normalized spacial score (nSPS) is 22.0. The average Bonchev–Trinajstić information content (AvgIpc) is 3.09. The highest BCUT2D eigenvalue weighted by atomic mass is 16.5. The maximum Gasteiger partial charge on any atom is 0.306 e. The van der Waals surface area contributed by atoms with Crippen LogP contribution in [0.3, 0.4) is 0 Å². The SMILES string of the molecule is CCOC(=O)CC1CC1c1cccc(OC)c1. The number of ether oxygens (including phenoxy) is 2. The van der Waals surface area contributed by atoms with E-state index in [1.165, 1.54) is 5.56 Å². The maximum atomic E-state index is 11.3. The summed E-state index contributed by atoms with van der Waals surface area (Å²) in [6, 6.07) is 8.08. The molecule has 1 saturated carbocycles. The lowest BCUT2D eigenvalue weighted by Gasteiger charge is -2.04. The fraction of sp³-hybridized carbons (Fsp3) is 0.500. The highest BCUT2D eigenvalue weighted by Gasteiger charge is 2.40. The summed E-state index contributed by atoms with van der Waals surface area (Å²) in [5.41, 5.74) is 1.26. The Morgan fingerprint density at radius 3 is 3.00 bits per heavy atom. The minimum absolute atomic E-state index is 0.0807. The quantitative estimate of drug-likeness (QED) is 0.735. The molecular formula is C14H18O3. The molecule has 1 fully saturated rings. The predicted molar refractivity (Wildman–Crippen MR) is 65.1 cm³/mol. The van der Waals surface area contributed by atoms with Crippen LogP contribution in [0, 0.1) is 5.92 Å². The lowest BCUT2D eigenvalue weighted by atomic mass is 10.1. The highest BCUT2D eigenvalue weighted by Crippen LogP contribution is 2.50. The van der Waals surface area contributed by atoms with Gasteiger partial charge < -0.3 is 9.47 Å². The maximum absolute atomic E-state index is 11.3. The highest BCUT2D eigenvalue weighted by molar-refractivity contribution is 5.70. The Bertz CT molecular complexity index is 400. The summed E-state index contributed by atoms with van der Waals surface area (Å²) in [4.78, 5) is 11.3. The van der Waals surface area contributed by atoms with E-state index < -0.39 is 0 Å². The summed E-state index contributed by atoms with van der Waals surface area (Å²) >= 11 is 0. The second-order valence-corrected chi connectivity index (χ2v) is 4.39. The first-order chi connectivity index (χ1) is 8.24. The molecule has 0 spiro atoms.